The van der Waals surface area contributed by atoms with Crippen molar-refractivity contribution in [1.82, 2.24) is 0 Å². The van der Waals surface area contributed by atoms with Crippen LogP contribution in [0.4, 0.5) is 5.69 Å². The average Bonchev–Trinajstić information content (AvgIpc) is 2.37. The fourth-order valence-electron chi connectivity index (χ4n) is 1.82. The summed E-state index contributed by atoms with van der Waals surface area (Å²) in [6, 6.07) is 6.01. The molecule has 0 fully saturated rings. The molecule has 0 heterocycles. The summed E-state index contributed by atoms with van der Waals surface area (Å²) in [5.41, 5.74) is 3.12. The highest BCUT2D eigenvalue weighted by Crippen LogP contribution is 2.19. The molecule has 0 aliphatic carbocycles. The minimum Gasteiger partial charge on any atom is -0.478 e. The van der Waals surface area contributed by atoms with Crippen LogP contribution in [0.15, 0.2) is 24.3 Å². The van der Waals surface area contributed by atoms with Gasteiger partial charge in [0.15, 0.2) is 0 Å². The Hall–Kier alpha value is -1.81. The number of hydrogen-bond donors (Lipinski definition) is 1. The Bertz CT molecular complexity index is 455. The number of methoxy groups -OCH3 is 1. The van der Waals surface area contributed by atoms with E-state index < -0.39 is 5.97 Å². The van der Waals surface area contributed by atoms with Crippen LogP contribution in [0.1, 0.15) is 17.5 Å². The molecule has 1 aromatic carbocycles. The van der Waals surface area contributed by atoms with E-state index in [-0.39, 0.29) is 0 Å². The molecule has 0 aliphatic rings. The van der Waals surface area contributed by atoms with Crippen molar-refractivity contribution in [2.75, 3.05) is 32.2 Å². The topological polar surface area (TPSA) is 49.8 Å². The van der Waals surface area contributed by atoms with E-state index in [4.69, 9.17) is 9.84 Å². The lowest BCUT2D eigenvalue weighted by atomic mass is 10.1. The highest BCUT2D eigenvalue weighted by Gasteiger charge is 2.03. The predicted molar refractivity (Wildman–Crippen MR) is 77.6 cm³/mol. The number of carbonyl (C=O) groups is 1. The number of nitrogens with zero attached hydrogens (tertiary/aromatic N) is 1. The number of rotatable bonds is 7. The van der Waals surface area contributed by atoms with Gasteiger partial charge in [-0.25, -0.2) is 4.79 Å². The van der Waals surface area contributed by atoms with Gasteiger partial charge < -0.3 is 14.7 Å². The van der Waals surface area contributed by atoms with Crippen LogP contribution in [0.2, 0.25) is 0 Å². The van der Waals surface area contributed by atoms with Crippen LogP contribution in [0.3, 0.4) is 0 Å². The third-order valence-corrected chi connectivity index (χ3v) is 2.94. The van der Waals surface area contributed by atoms with Crippen LogP contribution in [0.25, 0.3) is 6.08 Å². The van der Waals surface area contributed by atoms with E-state index in [9.17, 15) is 4.79 Å². The lowest BCUT2D eigenvalue weighted by Gasteiger charge is -2.20. The van der Waals surface area contributed by atoms with Gasteiger partial charge in [0.05, 0.1) is 0 Å². The molecule has 0 aliphatic heterocycles. The average molecular weight is 263 g/mol. The molecular weight excluding hydrogens is 242 g/mol. The van der Waals surface area contributed by atoms with Gasteiger partial charge in [-0.15, -0.1) is 0 Å². The van der Waals surface area contributed by atoms with Gasteiger partial charge in [-0.1, -0.05) is 6.07 Å². The summed E-state index contributed by atoms with van der Waals surface area (Å²) in [4.78, 5) is 12.7. The largest absolute Gasteiger partial charge is 0.478 e. The van der Waals surface area contributed by atoms with Crippen LogP contribution >= 0.6 is 0 Å². The first-order chi connectivity index (χ1) is 9.04. The number of aryl methyl sites for hydroxylation is 1. The van der Waals surface area contributed by atoms with Gasteiger partial charge in [-0.2, -0.15) is 0 Å². The van der Waals surface area contributed by atoms with Crippen LogP contribution in [0.5, 0.6) is 0 Å². The third-order valence-electron chi connectivity index (χ3n) is 2.94. The van der Waals surface area contributed by atoms with E-state index in [1.54, 1.807) is 13.2 Å². The van der Waals surface area contributed by atoms with Crippen LogP contribution in [-0.4, -0.2) is 38.4 Å². The lowest BCUT2D eigenvalue weighted by molar-refractivity contribution is -0.131. The summed E-state index contributed by atoms with van der Waals surface area (Å²) in [6.07, 6.45) is 3.75. The minimum atomic E-state index is -0.930. The number of carboxylic acids is 1. The minimum absolute atomic E-state index is 0.753. The van der Waals surface area contributed by atoms with Crippen molar-refractivity contribution in [3.8, 4) is 0 Å². The summed E-state index contributed by atoms with van der Waals surface area (Å²) >= 11 is 0. The SMILES string of the molecule is COCCCN(C)c1ccc(C=CC(=O)O)c(C)c1. The molecule has 4 heteroatoms. The van der Waals surface area contributed by atoms with Gasteiger partial charge in [0, 0.05) is 39.1 Å². The maximum atomic E-state index is 10.5. The van der Waals surface area contributed by atoms with Crippen LogP contribution in [-0.2, 0) is 9.53 Å². The summed E-state index contributed by atoms with van der Waals surface area (Å²) in [7, 11) is 3.74. The quantitative estimate of drug-likeness (QED) is 0.607. The molecule has 1 rings (SSSR count). The Balaban J connectivity index is 2.73. The van der Waals surface area contributed by atoms with Crippen molar-refractivity contribution in [2.24, 2.45) is 0 Å². The molecule has 19 heavy (non-hydrogen) atoms. The van der Waals surface area contributed by atoms with Crippen molar-refractivity contribution in [2.45, 2.75) is 13.3 Å². The van der Waals surface area contributed by atoms with Crippen molar-refractivity contribution >= 4 is 17.7 Å². The fraction of sp³-hybridized carbons (Fsp3) is 0.400. The van der Waals surface area contributed by atoms with E-state index in [1.165, 1.54) is 0 Å². The van der Waals surface area contributed by atoms with Gasteiger partial charge in [-0.05, 0) is 42.7 Å². The van der Waals surface area contributed by atoms with Gasteiger partial charge in [0.1, 0.15) is 0 Å². The maximum absolute atomic E-state index is 10.5. The van der Waals surface area contributed by atoms with Crippen LogP contribution < -0.4 is 4.90 Å². The first-order valence-electron chi connectivity index (χ1n) is 6.26. The smallest absolute Gasteiger partial charge is 0.328 e. The molecule has 0 saturated carbocycles. The number of aliphatic carboxylic acids is 1. The molecule has 0 amide bonds. The Kier molecular flexibility index (Phi) is 6.09. The molecule has 0 radical (unpaired) electrons. The molecule has 1 N–H and O–H groups in total. The van der Waals surface area contributed by atoms with Gasteiger partial charge in [-0.3, -0.25) is 0 Å². The van der Waals surface area contributed by atoms with Gasteiger partial charge >= 0.3 is 5.97 Å². The summed E-state index contributed by atoms with van der Waals surface area (Å²) < 4.78 is 5.03. The van der Waals surface area contributed by atoms with Crippen molar-refractivity contribution in [3.63, 3.8) is 0 Å². The molecule has 104 valence electrons. The van der Waals surface area contributed by atoms with E-state index in [0.717, 1.165) is 42.5 Å². The molecule has 0 saturated heterocycles. The summed E-state index contributed by atoms with van der Waals surface area (Å²) in [5, 5.41) is 8.62. The zero-order valence-electron chi connectivity index (χ0n) is 11.7. The second-order valence-electron chi connectivity index (χ2n) is 4.48. The Morgan fingerprint density at radius 1 is 1.47 bits per heavy atom. The third kappa shape index (κ3) is 5.14. The Labute approximate surface area is 114 Å². The molecule has 0 unspecified atom stereocenters. The van der Waals surface area contributed by atoms with E-state index in [1.807, 2.05) is 26.1 Å². The number of benzene rings is 1. The second kappa shape index (κ2) is 7.59. The summed E-state index contributed by atoms with van der Waals surface area (Å²) in [6.45, 7) is 3.66. The first-order valence-corrected chi connectivity index (χ1v) is 6.26. The summed E-state index contributed by atoms with van der Waals surface area (Å²) in [5.74, 6) is -0.930. The Morgan fingerprint density at radius 2 is 2.21 bits per heavy atom. The molecule has 0 atom stereocenters. The number of hydrogen-bond acceptors (Lipinski definition) is 3. The molecule has 1 aromatic rings. The number of carboxylic acid groups (broad SMARTS) is 1. The zero-order valence-corrected chi connectivity index (χ0v) is 11.7. The normalized spacial score (nSPS) is 10.9. The zero-order chi connectivity index (χ0) is 14.3. The van der Waals surface area contributed by atoms with Gasteiger partial charge in [0.25, 0.3) is 0 Å². The molecule has 4 nitrogen and oxygen atoms in total. The molecule has 0 spiro atoms. The number of ether oxygens (including phenoxy) is 1. The molecule has 0 bridgehead atoms. The first kappa shape index (κ1) is 15.2. The van der Waals surface area contributed by atoms with E-state index in [0.29, 0.717) is 0 Å². The standard InChI is InChI=1S/C15H21NO3/c1-12-11-14(16(2)9-4-10-19-3)7-5-13(12)6-8-15(17)18/h5-8,11H,4,9-10H2,1-3H3,(H,17,18). The lowest BCUT2D eigenvalue weighted by Crippen LogP contribution is -2.19. The molecule has 0 aromatic heterocycles. The highest BCUT2D eigenvalue weighted by atomic mass is 16.5. The van der Waals surface area contributed by atoms with Crippen molar-refractivity contribution in [1.29, 1.82) is 0 Å². The highest BCUT2D eigenvalue weighted by molar-refractivity contribution is 5.85. The maximum Gasteiger partial charge on any atom is 0.328 e. The van der Waals surface area contributed by atoms with E-state index in [2.05, 4.69) is 11.0 Å². The second-order valence-corrected chi connectivity index (χ2v) is 4.48. The fourth-order valence-corrected chi connectivity index (χ4v) is 1.82. The van der Waals surface area contributed by atoms with Crippen molar-refractivity contribution in [3.05, 3.63) is 35.4 Å². The van der Waals surface area contributed by atoms with Gasteiger partial charge in [0.2, 0.25) is 0 Å². The van der Waals surface area contributed by atoms with Crippen LogP contribution in [0, 0.1) is 6.92 Å². The Morgan fingerprint density at radius 3 is 2.79 bits per heavy atom. The predicted octanol–water partition coefficient (Wildman–Crippen LogP) is 2.57. The number of anilines is 1. The van der Waals surface area contributed by atoms with Crippen molar-refractivity contribution < 1.29 is 14.6 Å². The van der Waals surface area contributed by atoms with E-state index >= 15 is 0 Å². The monoisotopic (exact) mass is 263 g/mol. The molecular formula is C15H21NO3.